The minimum Gasteiger partial charge on any atom is -0.448 e. The Balaban J connectivity index is 1.81. The van der Waals surface area contributed by atoms with Gasteiger partial charge in [0.2, 0.25) is 0 Å². The number of hydrogen-bond donors (Lipinski definition) is 0. The van der Waals surface area contributed by atoms with E-state index in [9.17, 15) is 14.4 Å². The van der Waals surface area contributed by atoms with Crippen LogP contribution in [-0.4, -0.2) is 45.8 Å². The lowest BCUT2D eigenvalue weighted by molar-refractivity contribution is -0.139. The summed E-state index contributed by atoms with van der Waals surface area (Å²) in [6.45, 7) is 2.97. The summed E-state index contributed by atoms with van der Waals surface area (Å²) in [5, 5.41) is 4.86. The third-order valence-corrected chi connectivity index (χ3v) is 4.70. The number of aryl methyl sites for hydroxylation is 1. The molecule has 1 amide bonds. The van der Waals surface area contributed by atoms with Gasteiger partial charge in [-0.15, -0.1) is 0 Å². The van der Waals surface area contributed by atoms with Gasteiger partial charge in [0.05, 0.1) is 5.39 Å². The number of fused-ring (bicyclic) bond motifs is 1. The standard InChI is InChI=1S/C19H23N3O4/c1-13(17(23)22-11-7-3-4-8-12-22)26-19(25)16-14-9-5-6-10-15(14)18(24)21(2)20-16/h5-6,9-10,13H,3-4,7-8,11-12H2,1-2H3/t13-/m0/s1. The molecule has 1 saturated heterocycles. The number of aromatic nitrogens is 2. The Bertz CT molecular complexity index is 882. The lowest BCUT2D eigenvalue weighted by Gasteiger charge is -2.24. The number of carbonyl (C=O) groups is 2. The molecule has 0 unspecified atom stereocenters. The summed E-state index contributed by atoms with van der Waals surface area (Å²) >= 11 is 0. The van der Waals surface area contributed by atoms with Crippen LogP contribution < -0.4 is 5.56 Å². The van der Waals surface area contributed by atoms with Crippen molar-refractivity contribution in [2.24, 2.45) is 7.05 Å². The largest absolute Gasteiger partial charge is 0.448 e. The van der Waals surface area contributed by atoms with E-state index in [-0.39, 0.29) is 17.2 Å². The van der Waals surface area contributed by atoms with E-state index in [4.69, 9.17) is 4.74 Å². The number of carbonyl (C=O) groups excluding carboxylic acids is 2. The van der Waals surface area contributed by atoms with Gasteiger partial charge in [-0.3, -0.25) is 9.59 Å². The van der Waals surface area contributed by atoms with Crippen LogP contribution in [0.4, 0.5) is 0 Å². The highest BCUT2D eigenvalue weighted by Gasteiger charge is 2.26. The maximum absolute atomic E-state index is 12.6. The molecule has 0 spiro atoms. The van der Waals surface area contributed by atoms with Gasteiger partial charge in [0.25, 0.3) is 11.5 Å². The second-order valence-corrected chi connectivity index (χ2v) is 6.61. The van der Waals surface area contributed by atoms with Crippen molar-refractivity contribution < 1.29 is 14.3 Å². The predicted molar refractivity (Wildman–Crippen MR) is 96.9 cm³/mol. The first kappa shape index (κ1) is 18.1. The van der Waals surface area contributed by atoms with E-state index in [1.165, 1.54) is 7.05 Å². The first-order chi connectivity index (χ1) is 12.5. The third-order valence-electron chi connectivity index (χ3n) is 4.70. The van der Waals surface area contributed by atoms with Crippen molar-refractivity contribution in [2.75, 3.05) is 13.1 Å². The van der Waals surface area contributed by atoms with Gasteiger partial charge in [0, 0.05) is 25.5 Å². The van der Waals surface area contributed by atoms with Crippen LogP contribution in [0.25, 0.3) is 10.8 Å². The monoisotopic (exact) mass is 357 g/mol. The molecule has 7 heteroatoms. The van der Waals surface area contributed by atoms with Gasteiger partial charge in [0.1, 0.15) is 0 Å². The number of amides is 1. The summed E-state index contributed by atoms with van der Waals surface area (Å²) in [6, 6.07) is 6.75. The minimum atomic E-state index is -0.890. The Hall–Kier alpha value is -2.70. The van der Waals surface area contributed by atoms with Gasteiger partial charge < -0.3 is 9.64 Å². The molecule has 1 fully saturated rings. The highest BCUT2D eigenvalue weighted by molar-refractivity contribution is 6.02. The summed E-state index contributed by atoms with van der Waals surface area (Å²) in [5.74, 6) is -0.887. The zero-order chi connectivity index (χ0) is 18.7. The number of rotatable bonds is 3. The van der Waals surface area contributed by atoms with Crippen LogP contribution in [0.15, 0.2) is 29.1 Å². The number of nitrogens with zero attached hydrogens (tertiary/aromatic N) is 3. The molecule has 2 aromatic rings. The second-order valence-electron chi connectivity index (χ2n) is 6.61. The lowest BCUT2D eigenvalue weighted by Crippen LogP contribution is -2.40. The minimum absolute atomic E-state index is 0.0400. The molecule has 0 aliphatic carbocycles. The van der Waals surface area contributed by atoms with E-state index in [0.29, 0.717) is 23.9 Å². The summed E-state index contributed by atoms with van der Waals surface area (Å²) in [7, 11) is 1.48. The van der Waals surface area contributed by atoms with Crippen LogP contribution in [0, 0.1) is 0 Å². The van der Waals surface area contributed by atoms with Gasteiger partial charge in [-0.2, -0.15) is 5.10 Å². The van der Waals surface area contributed by atoms with Crippen LogP contribution in [0.1, 0.15) is 43.1 Å². The molecule has 1 atom stereocenters. The Morgan fingerprint density at radius 1 is 1.08 bits per heavy atom. The molecule has 0 radical (unpaired) electrons. The van der Waals surface area contributed by atoms with E-state index in [2.05, 4.69) is 5.10 Å². The van der Waals surface area contributed by atoms with Crippen molar-refractivity contribution in [2.45, 2.75) is 38.7 Å². The average Bonchev–Trinajstić information content (AvgIpc) is 2.93. The molecule has 3 rings (SSSR count). The normalized spacial score (nSPS) is 16.2. The van der Waals surface area contributed by atoms with E-state index in [0.717, 1.165) is 30.4 Å². The third kappa shape index (κ3) is 3.61. The summed E-state index contributed by atoms with van der Waals surface area (Å²) < 4.78 is 6.50. The fourth-order valence-corrected chi connectivity index (χ4v) is 3.27. The van der Waals surface area contributed by atoms with Gasteiger partial charge in [-0.1, -0.05) is 31.0 Å². The second kappa shape index (κ2) is 7.68. The molecular weight excluding hydrogens is 334 g/mol. The van der Waals surface area contributed by atoms with Gasteiger partial charge in [0.15, 0.2) is 11.8 Å². The summed E-state index contributed by atoms with van der Waals surface area (Å²) in [6.07, 6.45) is 3.29. The van der Waals surface area contributed by atoms with Crippen molar-refractivity contribution in [3.05, 3.63) is 40.3 Å². The smallest absolute Gasteiger partial charge is 0.360 e. The highest BCUT2D eigenvalue weighted by Crippen LogP contribution is 2.16. The zero-order valence-corrected chi connectivity index (χ0v) is 15.1. The van der Waals surface area contributed by atoms with Gasteiger partial charge in [-0.05, 0) is 25.8 Å². The predicted octanol–water partition coefficient (Wildman–Crippen LogP) is 1.88. The number of likely N-dealkylation sites (tertiary alicyclic amines) is 1. The van der Waals surface area contributed by atoms with Gasteiger partial charge in [-0.25, -0.2) is 9.48 Å². The molecule has 0 bridgehead atoms. The molecule has 0 saturated carbocycles. The van der Waals surface area contributed by atoms with E-state index >= 15 is 0 Å². The molecule has 2 heterocycles. The fraction of sp³-hybridized carbons (Fsp3) is 0.474. The Labute approximate surface area is 151 Å². The molecule has 1 aliphatic rings. The molecule has 26 heavy (non-hydrogen) atoms. The quantitative estimate of drug-likeness (QED) is 0.784. The van der Waals surface area contributed by atoms with Crippen molar-refractivity contribution in [3.63, 3.8) is 0 Å². The van der Waals surface area contributed by atoms with Crippen LogP contribution in [0.5, 0.6) is 0 Å². The van der Waals surface area contributed by atoms with Crippen LogP contribution >= 0.6 is 0 Å². The van der Waals surface area contributed by atoms with Crippen molar-refractivity contribution in [3.8, 4) is 0 Å². The van der Waals surface area contributed by atoms with Crippen molar-refractivity contribution in [1.29, 1.82) is 0 Å². The number of hydrogen-bond acceptors (Lipinski definition) is 5. The first-order valence-corrected chi connectivity index (χ1v) is 8.95. The maximum atomic E-state index is 12.6. The fourth-order valence-electron chi connectivity index (χ4n) is 3.27. The maximum Gasteiger partial charge on any atom is 0.360 e. The molecular formula is C19H23N3O4. The summed E-state index contributed by atoms with van der Waals surface area (Å²) in [4.78, 5) is 39.1. The molecule has 138 valence electrons. The molecule has 0 N–H and O–H groups in total. The number of ether oxygens (including phenoxy) is 1. The molecule has 1 aromatic heterocycles. The topological polar surface area (TPSA) is 81.5 Å². The van der Waals surface area contributed by atoms with Crippen molar-refractivity contribution in [1.82, 2.24) is 14.7 Å². The van der Waals surface area contributed by atoms with E-state index in [1.807, 2.05) is 0 Å². The zero-order valence-electron chi connectivity index (χ0n) is 15.1. The van der Waals surface area contributed by atoms with E-state index in [1.54, 1.807) is 36.1 Å². The first-order valence-electron chi connectivity index (χ1n) is 8.95. The molecule has 1 aliphatic heterocycles. The number of esters is 1. The molecule has 1 aromatic carbocycles. The Morgan fingerprint density at radius 2 is 1.69 bits per heavy atom. The highest BCUT2D eigenvalue weighted by atomic mass is 16.5. The Kier molecular flexibility index (Phi) is 5.35. The average molecular weight is 357 g/mol. The number of benzene rings is 1. The van der Waals surface area contributed by atoms with E-state index < -0.39 is 12.1 Å². The van der Waals surface area contributed by atoms with Crippen LogP contribution in [0.3, 0.4) is 0 Å². The summed E-state index contributed by atoms with van der Waals surface area (Å²) in [5.41, 5.74) is -0.246. The van der Waals surface area contributed by atoms with Crippen molar-refractivity contribution >= 4 is 22.6 Å². The van der Waals surface area contributed by atoms with Crippen LogP contribution in [-0.2, 0) is 16.6 Å². The molecule has 7 nitrogen and oxygen atoms in total. The van der Waals surface area contributed by atoms with Gasteiger partial charge >= 0.3 is 5.97 Å². The Morgan fingerprint density at radius 3 is 2.35 bits per heavy atom. The van der Waals surface area contributed by atoms with Crippen LogP contribution in [0.2, 0.25) is 0 Å². The lowest BCUT2D eigenvalue weighted by atomic mass is 10.1. The SMILES string of the molecule is C[C@H](OC(=O)c1nn(C)c(=O)c2ccccc12)C(=O)N1CCCCCC1.